The summed E-state index contributed by atoms with van der Waals surface area (Å²) in [6.45, 7) is 10.6. The Kier molecular flexibility index (Phi) is 3.33. The molecule has 1 aliphatic carbocycles. The number of likely N-dealkylation sites (tertiary alicyclic amines) is 1. The van der Waals surface area contributed by atoms with Crippen molar-refractivity contribution in [2.24, 2.45) is 17.1 Å². The highest BCUT2D eigenvalue weighted by Gasteiger charge is 2.50. The zero-order valence-corrected chi connectivity index (χ0v) is 11.3. The zero-order valence-electron chi connectivity index (χ0n) is 11.3. The summed E-state index contributed by atoms with van der Waals surface area (Å²) < 4.78 is 0. The molecule has 0 aromatic rings. The number of rotatable bonds is 2. The molecule has 1 heterocycles. The predicted molar refractivity (Wildman–Crippen MR) is 69.4 cm³/mol. The molecule has 1 saturated carbocycles. The minimum Gasteiger partial charge on any atom is -0.329 e. The Labute approximate surface area is 101 Å². The highest BCUT2D eigenvalue weighted by molar-refractivity contribution is 5.06. The lowest BCUT2D eigenvalue weighted by molar-refractivity contribution is 0.0415. The van der Waals surface area contributed by atoms with Crippen LogP contribution in [0.1, 0.15) is 52.9 Å². The summed E-state index contributed by atoms with van der Waals surface area (Å²) in [4.78, 5) is 2.72. The fourth-order valence-electron chi connectivity index (χ4n) is 4.26. The van der Waals surface area contributed by atoms with Crippen LogP contribution in [-0.4, -0.2) is 30.1 Å². The van der Waals surface area contributed by atoms with E-state index in [1.807, 2.05) is 0 Å². The molecule has 0 spiro atoms. The van der Waals surface area contributed by atoms with Gasteiger partial charge in [0.05, 0.1) is 0 Å². The van der Waals surface area contributed by atoms with E-state index >= 15 is 0 Å². The van der Waals surface area contributed by atoms with Crippen LogP contribution in [0.15, 0.2) is 0 Å². The predicted octanol–water partition coefficient (Wildman–Crippen LogP) is 2.63. The fraction of sp³-hybridized carbons (Fsp3) is 1.00. The summed E-state index contributed by atoms with van der Waals surface area (Å²) >= 11 is 0. The third-order valence-corrected chi connectivity index (χ3v) is 4.90. The first-order valence-electron chi connectivity index (χ1n) is 6.95. The van der Waals surface area contributed by atoms with Crippen molar-refractivity contribution in [3.63, 3.8) is 0 Å². The van der Waals surface area contributed by atoms with Crippen LogP contribution in [0.3, 0.4) is 0 Å². The van der Waals surface area contributed by atoms with E-state index in [2.05, 4.69) is 25.7 Å². The maximum absolute atomic E-state index is 6.17. The number of hydrogen-bond donors (Lipinski definition) is 1. The van der Waals surface area contributed by atoms with E-state index < -0.39 is 0 Å². The molecule has 1 aliphatic heterocycles. The second-order valence-electron chi connectivity index (χ2n) is 6.80. The second-order valence-corrected chi connectivity index (χ2v) is 6.80. The van der Waals surface area contributed by atoms with Crippen LogP contribution in [0.5, 0.6) is 0 Å². The topological polar surface area (TPSA) is 29.3 Å². The summed E-state index contributed by atoms with van der Waals surface area (Å²) in [6.07, 6.45) is 6.77. The number of hydrogen-bond acceptors (Lipinski definition) is 2. The molecule has 2 unspecified atom stereocenters. The third-order valence-electron chi connectivity index (χ3n) is 4.90. The molecule has 94 valence electrons. The summed E-state index contributed by atoms with van der Waals surface area (Å²) in [5.74, 6) is 0.755. The maximum Gasteiger partial charge on any atom is 0.0362 e. The first-order chi connectivity index (χ1) is 7.50. The molecule has 2 aliphatic rings. The molecule has 0 amide bonds. The lowest BCUT2D eigenvalue weighted by Crippen LogP contribution is -2.57. The van der Waals surface area contributed by atoms with E-state index in [-0.39, 0.29) is 0 Å². The van der Waals surface area contributed by atoms with Gasteiger partial charge < -0.3 is 5.73 Å². The van der Waals surface area contributed by atoms with Gasteiger partial charge in [-0.15, -0.1) is 0 Å². The van der Waals surface area contributed by atoms with Crippen LogP contribution in [0.25, 0.3) is 0 Å². The lowest BCUT2D eigenvalue weighted by atomic mass is 9.83. The molecule has 0 radical (unpaired) electrons. The first-order valence-corrected chi connectivity index (χ1v) is 6.95. The molecule has 0 bridgehead atoms. The molecule has 2 N–H and O–H groups in total. The van der Waals surface area contributed by atoms with Gasteiger partial charge in [0.2, 0.25) is 0 Å². The van der Waals surface area contributed by atoms with Gasteiger partial charge in [-0.2, -0.15) is 0 Å². The molecule has 0 aromatic heterocycles. The van der Waals surface area contributed by atoms with Crippen molar-refractivity contribution in [2.45, 2.75) is 58.4 Å². The Bertz CT molecular complexity index is 243. The van der Waals surface area contributed by atoms with Crippen LogP contribution in [-0.2, 0) is 0 Å². The van der Waals surface area contributed by atoms with Crippen LogP contribution < -0.4 is 5.73 Å². The molecule has 0 aromatic carbocycles. The normalized spacial score (nSPS) is 40.1. The van der Waals surface area contributed by atoms with Gasteiger partial charge in [0.15, 0.2) is 0 Å². The highest BCUT2D eigenvalue weighted by Crippen LogP contribution is 2.50. The van der Waals surface area contributed by atoms with Crippen molar-refractivity contribution in [1.29, 1.82) is 0 Å². The van der Waals surface area contributed by atoms with Gasteiger partial charge in [-0.3, -0.25) is 4.90 Å². The quantitative estimate of drug-likeness (QED) is 0.781. The zero-order chi connectivity index (χ0) is 11.8. The highest BCUT2D eigenvalue weighted by atomic mass is 15.2. The molecule has 1 saturated heterocycles. The molecule has 2 fully saturated rings. The van der Waals surface area contributed by atoms with E-state index in [0.717, 1.165) is 12.5 Å². The minimum absolute atomic E-state index is 0.309. The largest absolute Gasteiger partial charge is 0.329 e. The van der Waals surface area contributed by atoms with E-state index in [1.165, 1.54) is 45.2 Å². The minimum atomic E-state index is 0.309. The number of nitrogens with two attached hydrogens (primary N) is 1. The molecular weight excluding hydrogens is 196 g/mol. The van der Waals surface area contributed by atoms with Crippen LogP contribution in [0, 0.1) is 11.3 Å². The molecule has 2 heteroatoms. The Balaban J connectivity index is 2.18. The van der Waals surface area contributed by atoms with Gasteiger partial charge in [0.25, 0.3) is 0 Å². The summed E-state index contributed by atoms with van der Waals surface area (Å²) in [5.41, 5.74) is 6.96. The van der Waals surface area contributed by atoms with Gasteiger partial charge in [0.1, 0.15) is 0 Å². The van der Waals surface area contributed by atoms with Crippen molar-refractivity contribution < 1.29 is 0 Å². The standard InChI is InChI=1S/C14H28N2/c1-12-9-13(2,3)10-14(12,11-15)16-7-5-4-6-8-16/h12H,4-11,15H2,1-3H3. The molecule has 2 atom stereocenters. The van der Waals surface area contributed by atoms with Gasteiger partial charge in [-0.1, -0.05) is 27.2 Å². The summed E-state index contributed by atoms with van der Waals surface area (Å²) in [5, 5.41) is 0. The van der Waals surface area contributed by atoms with Crippen LogP contribution in [0.4, 0.5) is 0 Å². The smallest absolute Gasteiger partial charge is 0.0362 e. The SMILES string of the molecule is CC1CC(C)(C)CC1(CN)N1CCCCC1. The van der Waals surface area contributed by atoms with Crippen molar-refractivity contribution in [2.75, 3.05) is 19.6 Å². The molecule has 2 nitrogen and oxygen atoms in total. The average Bonchev–Trinajstić information content (AvgIpc) is 2.50. The van der Waals surface area contributed by atoms with E-state index in [4.69, 9.17) is 5.73 Å². The number of nitrogens with zero attached hydrogens (tertiary/aromatic N) is 1. The van der Waals surface area contributed by atoms with E-state index in [1.54, 1.807) is 0 Å². The van der Waals surface area contributed by atoms with Crippen molar-refractivity contribution in [3.05, 3.63) is 0 Å². The second kappa shape index (κ2) is 4.30. The Morgan fingerprint density at radius 3 is 2.25 bits per heavy atom. The van der Waals surface area contributed by atoms with Crippen molar-refractivity contribution >= 4 is 0 Å². The summed E-state index contributed by atoms with van der Waals surface area (Å²) in [7, 11) is 0. The Morgan fingerprint density at radius 1 is 1.19 bits per heavy atom. The maximum atomic E-state index is 6.17. The Morgan fingerprint density at radius 2 is 1.81 bits per heavy atom. The van der Waals surface area contributed by atoms with E-state index in [0.29, 0.717) is 11.0 Å². The van der Waals surface area contributed by atoms with Crippen molar-refractivity contribution in [1.82, 2.24) is 4.90 Å². The number of piperidine rings is 1. The van der Waals surface area contributed by atoms with Gasteiger partial charge in [-0.05, 0) is 50.1 Å². The van der Waals surface area contributed by atoms with Crippen molar-refractivity contribution in [3.8, 4) is 0 Å². The van der Waals surface area contributed by atoms with E-state index in [9.17, 15) is 0 Å². The van der Waals surface area contributed by atoms with Crippen LogP contribution >= 0.6 is 0 Å². The fourth-order valence-corrected chi connectivity index (χ4v) is 4.26. The van der Waals surface area contributed by atoms with Gasteiger partial charge >= 0.3 is 0 Å². The lowest BCUT2D eigenvalue weighted by Gasteiger charge is -2.46. The first kappa shape index (κ1) is 12.4. The van der Waals surface area contributed by atoms with Gasteiger partial charge in [0, 0.05) is 12.1 Å². The third kappa shape index (κ3) is 2.02. The molecule has 16 heavy (non-hydrogen) atoms. The molecule has 2 rings (SSSR count). The molecular formula is C14H28N2. The Hall–Kier alpha value is -0.0800. The van der Waals surface area contributed by atoms with Gasteiger partial charge in [-0.25, -0.2) is 0 Å². The average molecular weight is 224 g/mol. The monoisotopic (exact) mass is 224 g/mol. The van der Waals surface area contributed by atoms with Crippen LogP contribution in [0.2, 0.25) is 0 Å². The summed E-state index contributed by atoms with van der Waals surface area (Å²) in [6, 6.07) is 0.